The van der Waals surface area contributed by atoms with Crippen LogP contribution < -0.4 is 11.1 Å². The number of amides is 1. The number of esters is 1. The highest BCUT2D eigenvalue weighted by molar-refractivity contribution is 5.81. The van der Waals surface area contributed by atoms with Crippen molar-refractivity contribution < 1.29 is 32.2 Å². The van der Waals surface area contributed by atoms with Crippen molar-refractivity contribution in [3.63, 3.8) is 0 Å². The number of hydrogen-bond acceptors (Lipinski definition) is 5. The lowest BCUT2D eigenvalue weighted by Gasteiger charge is -2.23. The lowest BCUT2D eigenvalue weighted by atomic mass is 10.1. The molecule has 6 nitrogen and oxygen atoms in total. The second-order valence-corrected chi connectivity index (χ2v) is 6.37. The van der Waals surface area contributed by atoms with E-state index in [2.05, 4.69) is 10.1 Å². The van der Waals surface area contributed by atoms with E-state index in [0.29, 0.717) is 11.3 Å². The van der Waals surface area contributed by atoms with Gasteiger partial charge >= 0.3 is 18.2 Å². The molecule has 0 aliphatic carbocycles. The topological polar surface area (TPSA) is 90.6 Å². The van der Waals surface area contributed by atoms with E-state index in [-0.39, 0.29) is 6.42 Å². The van der Waals surface area contributed by atoms with E-state index < -0.39 is 36.5 Å². The van der Waals surface area contributed by atoms with Crippen molar-refractivity contribution in [2.24, 2.45) is 0 Å². The highest BCUT2D eigenvalue weighted by Crippen LogP contribution is 2.16. The Balaban J connectivity index is 2.83. The zero-order valence-electron chi connectivity index (χ0n) is 14.1. The van der Waals surface area contributed by atoms with Crippen molar-refractivity contribution >= 4 is 17.7 Å². The molecule has 1 rings (SSSR count). The van der Waals surface area contributed by atoms with E-state index in [1.165, 1.54) is 0 Å². The van der Waals surface area contributed by atoms with Crippen LogP contribution in [0, 0.1) is 0 Å². The minimum atomic E-state index is -4.66. The van der Waals surface area contributed by atoms with Crippen LogP contribution in [0.5, 0.6) is 0 Å². The fraction of sp³-hybridized carbons (Fsp3) is 0.500. The van der Waals surface area contributed by atoms with Crippen molar-refractivity contribution in [2.75, 3.05) is 12.3 Å². The first-order chi connectivity index (χ1) is 11.4. The molecular weight excluding hydrogens is 341 g/mol. The van der Waals surface area contributed by atoms with E-state index in [1.807, 2.05) is 0 Å². The van der Waals surface area contributed by atoms with Gasteiger partial charge in [0.05, 0.1) is 0 Å². The number of benzene rings is 1. The summed E-state index contributed by atoms with van der Waals surface area (Å²) in [6.07, 6.45) is -5.67. The van der Waals surface area contributed by atoms with Gasteiger partial charge in [-0.15, -0.1) is 0 Å². The van der Waals surface area contributed by atoms with Crippen LogP contribution in [0.3, 0.4) is 0 Å². The molecule has 0 radical (unpaired) electrons. The van der Waals surface area contributed by atoms with Crippen molar-refractivity contribution in [1.29, 1.82) is 0 Å². The molecule has 0 unspecified atom stereocenters. The third-order valence-electron chi connectivity index (χ3n) is 2.77. The predicted octanol–water partition coefficient (Wildman–Crippen LogP) is 2.81. The number of alkyl carbamates (subject to hydrolysis) is 1. The van der Waals surface area contributed by atoms with Gasteiger partial charge in [0.2, 0.25) is 0 Å². The van der Waals surface area contributed by atoms with Gasteiger partial charge in [-0.25, -0.2) is 9.59 Å². The molecule has 0 aromatic heterocycles. The van der Waals surface area contributed by atoms with Crippen LogP contribution in [0.1, 0.15) is 26.3 Å². The van der Waals surface area contributed by atoms with Gasteiger partial charge in [0.15, 0.2) is 6.61 Å². The smallest absolute Gasteiger partial charge is 0.422 e. The Hall–Kier alpha value is -2.45. The number of halogens is 3. The van der Waals surface area contributed by atoms with E-state index in [4.69, 9.17) is 10.5 Å². The van der Waals surface area contributed by atoms with Gasteiger partial charge in [-0.2, -0.15) is 13.2 Å². The number of nitrogen functional groups attached to an aromatic ring is 1. The molecule has 3 N–H and O–H groups in total. The summed E-state index contributed by atoms with van der Waals surface area (Å²) >= 11 is 0. The molecule has 140 valence electrons. The van der Waals surface area contributed by atoms with Crippen molar-refractivity contribution in [1.82, 2.24) is 5.32 Å². The minimum absolute atomic E-state index is 0.0732. The SMILES string of the molecule is CC(C)(C)OC(=O)N[C@@H](Cc1ccc(N)cc1)C(=O)OCC(F)(F)F. The van der Waals surface area contributed by atoms with Crippen molar-refractivity contribution in [2.45, 2.75) is 45.0 Å². The standard InChI is InChI=1S/C16H21F3N2O4/c1-15(2,3)25-14(23)21-12(13(22)24-9-16(17,18)19)8-10-4-6-11(20)7-5-10/h4-7,12H,8-9,20H2,1-3H3,(H,21,23)/t12-/m0/s1. The molecule has 0 aliphatic rings. The molecule has 1 aromatic rings. The van der Waals surface area contributed by atoms with E-state index in [0.717, 1.165) is 0 Å². The number of anilines is 1. The van der Waals surface area contributed by atoms with Crippen molar-refractivity contribution in [3.8, 4) is 0 Å². The molecule has 0 bridgehead atoms. The number of hydrogen-bond donors (Lipinski definition) is 2. The molecule has 9 heteroatoms. The van der Waals surface area contributed by atoms with E-state index >= 15 is 0 Å². The number of nitrogens with one attached hydrogen (secondary N) is 1. The normalized spacial score (nSPS) is 13.0. The summed E-state index contributed by atoms with van der Waals surface area (Å²) in [7, 11) is 0. The molecule has 0 saturated carbocycles. The average Bonchev–Trinajstić information content (AvgIpc) is 2.43. The van der Waals surface area contributed by atoms with Crippen LogP contribution in [0.4, 0.5) is 23.7 Å². The Morgan fingerprint density at radius 3 is 2.20 bits per heavy atom. The number of ether oxygens (including phenoxy) is 2. The maximum atomic E-state index is 12.2. The molecule has 1 amide bonds. The maximum absolute atomic E-state index is 12.2. The van der Waals surface area contributed by atoms with Crippen LogP contribution in [0.25, 0.3) is 0 Å². The molecular formula is C16H21F3N2O4. The Kier molecular flexibility index (Phi) is 6.66. The molecule has 1 aromatic carbocycles. The van der Waals surface area contributed by atoms with Crippen LogP contribution in [0.2, 0.25) is 0 Å². The maximum Gasteiger partial charge on any atom is 0.422 e. The third-order valence-corrected chi connectivity index (χ3v) is 2.77. The summed E-state index contributed by atoms with van der Waals surface area (Å²) in [5.74, 6) is -1.21. The second kappa shape index (κ2) is 8.09. The van der Waals surface area contributed by atoms with E-state index in [9.17, 15) is 22.8 Å². The third kappa shape index (κ3) is 8.83. The van der Waals surface area contributed by atoms with Crippen LogP contribution >= 0.6 is 0 Å². The zero-order valence-corrected chi connectivity index (χ0v) is 14.1. The van der Waals surface area contributed by atoms with Crippen molar-refractivity contribution in [3.05, 3.63) is 29.8 Å². The number of carbonyl (C=O) groups is 2. The fourth-order valence-electron chi connectivity index (χ4n) is 1.79. The Morgan fingerprint density at radius 1 is 1.16 bits per heavy atom. The van der Waals surface area contributed by atoms with Gasteiger partial charge in [0.25, 0.3) is 0 Å². The molecule has 0 heterocycles. The van der Waals surface area contributed by atoms with Gasteiger partial charge in [-0.1, -0.05) is 12.1 Å². The minimum Gasteiger partial charge on any atom is -0.454 e. The van der Waals surface area contributed by atoms with Crippen LogP contribution in [-0.4, -0.2) is 36.5 Å². The summed E-state index contributed by atoms with van der Waals surface area (Å²) in [4.78, 5) is 23.8. The van der Waals surface area contributed by atoms with Gasteiger partial charge in [-0.05, 0) is 38.5 Å². The highest BCUT2D eigenvalue weighted by Gasteiger charge is 2.32. The number of carbonyl (C=O) groups excluding carboxylic acids is 2. The number of rotatable bonds is 5. The molecule has 1 atom stereocenters. The Bertz CT molecular complexity index is 595. The Morgan fingerprint density at radius 2 is 1.72 bits per heavy atom. The first-order valence-corrected chi connectivity index (χ1v) is 7.43. The lowest BCUT2D eigenvalue weighted by Crippen LogP contribution is -2.46. The van der Waals surface area contributed by atoms with Crippen LogP contribution in [-0.2, 0) is 20.7 Å². The predicted molar refractivity (Wildman–Crippen MR) is 84.7 cm³/mol. The summed E-state index contributed by atoms with van der Waals surface area (Å²) in [6.45, 7) is 3.11. The van der Waals surface area contributed by atoms with Gasteiger partial charge in [0, 0.05) is 12.1 Å². The molecule has 0 saturated heterocycles. The quantitative estimate of drug-likeness (QED) is 0.621. The van der Waals surface area contributed by atoms with Crippen LogP contribution in [0.15, 0.2) is 24.3 Å². The van der Waals surface area contributed by atoms with Gasteiger partial charge < -0.3 is 20.5 Å². The monoisotopic (exact) mass is 362 g/mol. The first-order valence-electron chi connectivity index (χ1n) is 7.43. The Labute approximate surface area is 143 Å². The first kappa shape index (κ1) is 20.6. The van der Waals surface area contributed by atoms with Gasteiger partial charge in [-0.3, -0.25) is 0 Å². The molecule has 25 heavy (non-hydrogen) atoms. The molecule has 0 fully saturated rings. The summed E-state index contributed by atoms with van der Waals surface area (Å²) in [5, 5.41) is 2.24. The lowest BCUT2D eigenvalue weighted by molar-refractivity contribution is -0.187. The summed E-state index contributed by atoms with van der Waals surface area (Å²) in [5.41, 5.74) is 5.80. The summed E-state index contributed by atoms with van der Waals surface area (Å²) < 4.78 is 46.0. The number of nitrogens with two attached hydrogens (primary N) is 1. The zero-order chi connectivity index (χ0) is 19.3. The highest BCUT2D eigenvalue weighted by atomic mass is 19.4. The number of alkyl halides is 3. The second-order valence-electron chi connectivity index (χ2n) is 6.37. The summed E-state index contributed by atoms with van der Waals surface area (Å²) in [6, 6.07) is 4.99. The average molecular weight is 362 g/mol. The molecule has 0 spiro atoms. The largest absolute Gasteiger partial charge is 0.454 e. The fourth-order valence-corrected chi connectivity index (χ4v) is 1.79. The van der Waals surface area contributed by atoms with E-state index in [1.54, 1.807) is 45.0 Å². The molecule has 0 aliphatic heterocycles. The van der Waals surface area contributed by atoms with Gasteiger partial charge in [0.1, 0.15) is 11.6 Å².